The standard InChI is InChI=1S/C12H18N.C10H14N.2C3H7.2CH3.2In/c1-3-10-13(11-4-2)12-8-6-5-7-9-12;1-3-11(4-2)10-8-6-5-7-9-10;2*1-3-2;;;;/h5-8H,3-4,10-11H2,1-2H3;5-8H,3-4H2,1-2H3;2*1,3H2,2H3;2*1H3;;. The molecule has 0 saturated heterocycles. The molecule has 4 heteroatoms. The fourth-order valence-electron chi connectivity index (χ4n) is 4.99. The SMILES string of the molecule is CCCN(CCC)c1cccc[c]1[In]([CH3])[CH3].CC[CH2][In]([CH2]CC)[c]1ccccc1N(CC)CC. The van der Waals surface area contributed by atoms with E-state index in [0.717, 1.165) is 13.1 Å². The maximum absolute atomic E-state index is 2.58. The van der Waals surface area contributed by atoms with Crippen LogP contribution in [-0.2, 0) is 0 Å². The Balaban J connectivity index is 0.000000342. The van der Waals surface area contributed by atoms with Gasteiger partial charge in [-0.3, -0.25) is 0 Å². The molecule has 0 aliphatic heterocycles. The van der Waals surface area contributed by atoms with E-state index in [1.54, 1.807) is 12.3 Å². The van der Waals surface area contributed by atoms with Gasteiger partial charge in [-0.2, -0.15) is 0 Å². The van der Waals surface area contributed by atoms with Gasteiger partial charge in [-0.1, -0.05) is 0 Å². The van der Waals surface area contributed by atoms with Crippen LogP contribution in [0.1, 0.15) is 67.2 Å². The molecule has 0 aliphatic rings. The van der Waals surface area contributed by atoms with Gasteiger partial charge in [-0.05, 0) is 0 Å². The molecule has 188 valence electrons. The third-order valence-electron chi connectivity index (χ3n) is 6.64. The molecule has 0 fully saturated rings. The number of para-hydroxylation sites is 2. The molecule has 0 atom stereocenters. The molecule has 2 rings (SSSR count). The van der Waals surface area contributed by atoms with Crippen molar-refractivity contribution in [2.75, 3.05) is 36.0 Å². The number of hydrogen-bond donors (Lipinski definition) is 0. The first kappa shape index (κ1) is 31.8. The van der Waals surface area contributed by atoms with Crippen LogP contribution in [0.25, 0.3) is 0 Å². The van der Waals surface area contributed by atoms with Crippen LogP contribution in [0.15, 0.2) is 48.5 Å². The van der Waals surface area contributed by atoms with E-state index in [9.17, 15) is 0 Å². The van der Waals surface area contributed by atoms with E-state index in [2.05, 4.69) is 109 Å². The van der Waals surface area contributed by atoms with Crippen molar-refractivity contribution in [3.8, 4) is 0 Å². The van der Waals surface area contributed by atoms with Gasteiger partial charge in [0, 0.05) is 0 Å². The molecule has 0 saturated carbocycles. The molecule has 0 bridgehead atoms. The first-order chi connectivity index (χ1) is 16.5. The van der Waals surface area contributed by atoms with E-state index < -0.39 is 42.9 Å². The molecular formula is C30H52In2N2. The zero-order valence-electron chi connectivity index (χ0n) is 23.7. The van der Waals surface area contributed by atoms with Gasteiger partial charge in [0.15, 0.2) is 0 Å². The Hall–Kier alpha value is -0.220. The van der Waals surface area contributed by atoms with Gasteiger partial charge in [-0.25, -0.2) is 0 Å². The molecule has 0 radical (unpaired) electrons. The Morgan fingerprint density at radius 1 is 0.559 bits per heavy atom. The number of benzene rings is 2. The van der Waals surface area contributed by atoms with Gasteiger partial charge in [-0.15, -0.1) is 0 Å². The van der Waals surface area contributed by atoms with Crippen molar-refractivity contribution in [3.63, 3.8) is 0 Å². The van der Waals surface area contributed by atoms with Crippen LogP contribution in [-0.4, -0.2) is 69.1 Å². The van der Waals surface area contributed by atoms with Crippen LogP contribution >= 0.6 is 0 Å². The molecule has 0 N–H and O–H groups in total. The Labute approximate surface area is 228 Å². The molecule has 2 aromatic rings. The zero-order chi connectivity index (χ0) is 25.3. The second kappa shape index (κ2) is 19.0. The Morgan fingerprint density at radius 2 is 1.00 bits per heavy atom. The van der Waals surface area contributed by atoms with Crippen LogP contribution in [0.2, 0.25) is 17.7 Å². The van der Waals surface area contributed by atoms with E-state index in [1.807, 2.05) is 0 Å². The van der Waals surface area contributed by atoms with Crippen molar-refractivity contribution in [2.45, 2.75) is 84.9 Å². The second-order valence-electron chi connectivity index (χ2n) is 9.71. The van der Waals surface area contributed by atoms with Crippen LogP contribution in [0, 0.1) is 0 Å². The Bertz CT molecular complexity index is 762. The van der Waals surface area contributed by atoms with E-state index in [-0.39, 0.29) is 0 Å². The summed E-state index contributed by atoms with van der Waals surface area (Å²) in [4.78, 5) is 5.11. The summed E-state index contributed by atoms with van der Waals surface area (Å²) in [5.74, 6) is 0. The molecule has 0 unspecified atom stereocenters. The van der Waals surface area contributed by atoms with Gasteiger partial charge in [0.1, 0.15) is 0 Å². The van der Waals surface area contributed by atoms with E-state index in [1.165, 1.54) is 52.8 Å². The molecule has 0 heterocycles. The number of rotatable bonds is 14. The molecule has 0 aliphatic carbocycles. The molecule has 0 amide bonds. The monoisotopic (exact) mass is 670 g/mol. The molecular weight excluding hydrogens is 618 g/mol. The summed E-state index contributed by atoms with van der Waals surface area (Å²) in [6, 6.07) is 18.3. The van der Waals surface area contributed by atoms with E-state index >= 15 is 0 Å². The van der Waals surface area contributed by atoms with Crippen LogP contribution in [0.4, 0.5) is 11.4 Å². The molecule has 0 spiro atoms. The van der Waals surface area contributed by atoms with Crippen molar-refractivity contribution < 1.29 is 0 Å². The first-order valence-electron chi connectivity index (χ1n) is 14.2. The molecule has 2 aromatic carbocycles. The maximum atomic E-state index is 2.58. The molecule has 34 heavy (non-hydrogen) atoms. The van der Waals surface area contributed by atoms with Gasteiger partial charge in [0.2, 0.25) is 0 Å². The number of anilines is 2. The Kier molecular flexibility index (Phi) is 17.7. The molecule has 0 aromatic heterocycles. The van der Waals surface area contributed by atoms with Crippen molar-refractivity contribution in [2.24, 2.45) is 0 Å². The quantitative estimate of drug-likeness (QED) is 0.208. The normalized spacial score (nSPS) is 10.4. The summed E-state index contributed by atoms with van der Waals surface area (Å²) in [5.41, 5.74) is 3.07. The third kappa shape index (κ3) is 10.4. The minimum absolute atomic E-state index is 1.13. The summed E-state index contributed by atoms with van der Waals surface area (Å²) < 4.78 is 11.5. The van der Waals surface area contributed by atoms with Gasteiger partial charge < -0.3 is 0 Å². The average molecular weight is 670 g/mol. The average Bonchev–Trinajstić information content (AvgIpc) is 2.85. The second-order valence-corrected chi connectivity index (χ2v) is 27.1. The summed E-state index contributed by atoms with van der Waals surface area (Å²) in [6.45, 7) is 18.4. The first-order valence-corrected chi connectivity index (χ1v) is 28.7. The van der Waals surface area contributed by atoms with Gasteiger partial charge >= 0.3 is 230 Å². The van der Waals surface area contributed by atoms with E-state index in [4.69, 9.17) is 0 Å². The summed E-state index contributed by atoms with van der Waals surface area (Å²) in [7, 11) is 0. The van der Waals surface area contributed by atoms with Gasteiger partial charge in [0.05, 0.1) is 0 Å². The van der Waals surface area contributed by atoms with Gasteiger partial charge in [0.25, 0.3) is 0 Å². The molecule has 2 nitrogen and oxygen atoms in total. The number of nitrogens with zero attached hydrogens (tertiary/aromatic N) is 2. The fraction of sp³-hybridized carbons (Fsp3) is 0.600. The predicted octanol–water partition coefficient (Wildman–Crippen LogP) is 7.33. The van der Waals surface area contributed by atoms with Crippen LogP contribution in [0.5, 0.6) is 0 Å². The topological polar surface area (TPSA) is 6.48 Å². The minimum atomic E-state index is -1.52. The summed E-state index contributed by atoms with van der Waals surface area (Å²) >= 11 is -2.91. The van der Waals surface area contributed by atoms with Crippen LogP contribution in [0.3, 0.4) is 0 Å². The fourth-order valence-corrected chi connectivity index (χ4v) is 18.6. The Morgan fingerprint density at radius 3 is 1.41 bits per heavy atom. The summed E-state index contributed by atoms with van der Waals surface area (Å²) in [6.07, 6.45) is 5.21. The van der Waals surface area contributed by atoms with Crippen molar-refractivity contribution in [1.82, 2.24) is 0 Å². The van der Waals surface area contributed by atoms with E-state index in [0.29, 0.717) is 0 Å². The number of hydrogen-bond acceptors (Lipinski definition) is 2. The van der Waals surface area contributed by atoms with Crippen molar-refractivity contribution in [3.05, 3.63) is 48.5 Å². The van der Waals surface area contributed by atoms with Crippen molar-refractivity contribution >= 4 is 60.9 Å². The van der Waals surface area contributed by atoms with Crippen molar-refractivity contribution in [1.29, 1.82) is 0 Å². The zero-order valence-corrected chi connectivity index (χ0v) is 30.3. The summed E-state index contributed by atoms with van der Waals surface area (Å²) in [5, 5.41) is 0. The predicted molar refractivity (Wildman–Crippen MR) is 162 cm³/mol. The third-order valence-corrected chi connectivity index (χ3v) is 22.8. The van der Waals surface area contributed by atoms with Crippen LogP contribution < -0.4 is 16.4 Å².